The second-order valence-corrected chi connectivity index (χ2v) is 4.28. The lowest BCUT2D eigenvalue weighted by atomic mass is 10.3. The molecular formula is C10H18NO+. The third-order valence-corrected chi connectivity index (χ3v) is 1.83. The zero-order valence-electron chi connectivity index (χ0n) is 8.42. The number of quaternary nitrogens is 1. The lowest BCUT2D eigenvalue weighted by Gasteiger charge is -2.23. The average Bonchev–Trinajstić information content (AvgIpc) is 2.30. The number of likely N-dealkylation sites (N-methyl/N-ethyl adjacent to an activating group) is 1. The van der Waals surface area contributed by atoms with Crippen LogP contribution in [0.1, 0.15) is 11.5 Å². The number of hydrogen-bond acceptors (Lipinski definition) is 1. The van der Waals surface area contributed by atoms with Crippen molar-refractivity contribution >= 4 is 0 Å². The van der Waals surface area contributed by atoms with Crippen molar-refractivity contribution in [2.75, 3.05) is 27.7 Å². The van der Waals surface area contributed by atoms with Gasteiger partial charge in [0.05, 0.1) is 34.1 Å². The maximum absolute atomic E-state index is 5.47. The van der Waals surface area contributed by atoms with Crippen molar-refractivity contribution in [2.24, 2.45) is 0 Å². The molecule has 0 atom stereocenters. The van der Waals surface area contributed by atoms with E-state index in [2.05, 4.69) is 27.2 Å². The van der Waals surface area contributed by atoms with Gasteiger partial charge < -0.3 is 8.90 Å². The van der Waals surface area contributed by atoms with E-state index >= 15 is 0 Å². The Morgan fingerprint density at radius 1 is 1.25 bits per heavy atom. The van der Waals surface area contributed by atoms with Crippen molar-refractivity contribution in [3.05, 3.63) is 23.7 Å². The predicted molar refractivity (Wildman–Crippen MR) is 50.0 cm³/mol. The van der Waals surface area contributed by atoms with Gasteiger partial charge in [0.15, 0.2) is 0 Å². The summed E-state index contributed by atoms with van der Waals surface area (Å²) < 4.78 is 6.45. The molecule has 0 saturated heterocycles. The van der Waals surface area contributed by atoms with Crippen molar-refractivity contribution in [1.82, 2.24) is 0 Å². The lowest BCUT2D eigenvalue weighted by Crippen LogP contribution is -2.36. The van der Waals surface area contributed by atoms with Crippen LogP contribution in [0, 0.1) is 6.92 Å². The summed E-state index contributed by atoms with van der Waals surface area (Å²) in [7, 11) is 6.57. The highest BCUT2D eigenvalue weighted by Crippen LogP contribution is 2.08. The molecule has 0 fully saturated rings. The molecule has 68 valence electrons. The maximum Gasteiger partial charge on any atom is 0.109 e. The van der Waals surface area contributed by atoms with Crippen LogP contribution in [0.4, 0.5) is 0 Å². The highest BCUT2D eigenvalue weighted by atomic mass is 16.3. The van der Waals surface area contributed by atoms with Crippen LogP contribution in [0.15, 0.2) is 16.5 Å². The molecule has 1 aromatic heterocycles. The van der Waals surface area contributed by atoms with Gasteiger partial charge in [0.1, 0.15) is 11.5 Å². The second-order valence-electron chi connectivity index (χ2n) is 4.28. The Balaban J connectivity index is 2.44. The topological polar surface area (TPSA) is 13.1 Å². The van der Waals surface area contributed by atoms with Crippen LogP contribution < -0.4 is 0 Å². The van der Waals surface area contributed by atoms with Crippen LogP contribution in [-0.2, 0) is 6.42 Å². The largest absolute Gasteiger partial charge is 0.466 e. The van der Waals surface area contributed by atoms with E-state index in [4.69, 9.17) is 4.42 Å². The number of rotatable bonds is 3. The fourth-order valence-corrected chi connectivity index (χ4v) is 1.07. The highest BCUT2D eigenvalue weighted by molar-refractivity contribution is 5.05. The molecule has 1 rings (SSSR count). The summed E-state index contributed by atoms with van der Waals surface area (Å²) in [6, 6.07) is 4.08. The minimum atomic E-state index is 0.986. The molecule has 0 N–H and O–H groups in total. The van der Waals surface area contributed by atoms with Crippen molar-refractivity contribution in [3.63, 3.8) is 0 Å². The summed E-state index contributed by atoms with van der Waals surface area (Å²) >= 11 is 0. The molecule has 0 saturated carbocycles. The lowest BCUT2D eigenvalue weighted by molar-refractivity contribution is -0.870. The third kappa shape index (κ3) is 3.09. The molecule has 0 spiro atoms. The summed E-state index contributed by atoms with van der Waals surface area (Å²) in [5.41, 5.74) is 0. The highest BCUT2D eigenvalue weighted by Gasteiger charge is 2.08. The van der Waals surface area contributed by atoms with Gasteiger partial charge in [0.2, 0.25) is 0 Å². The van der Waals surface area contributed by atoms with Gasteiger partial charge in [0, 0.05) is 0 Å². The first-order valence-corrected chi connectivity index (χ1v) is 4.33. The zero-order chi connectivity index (χ0) is 9.19. The molecule has 0 amide bonds. The molecule has 1 aromatic rings. The van der Waals surface area contributed by atoms with Gasteiger partial charge in [0.25, 0.3) is 0 Å². The first kappa shape index (κ1) is 9.33. The molecule has 2 heteroatoms. The smallest absolute Gasteiger partial charge is 0.109 e. The van der Waals surface area contributed by atoms with Crippen molar-refractivity contribution in [2.45, 2.75) is 13.3 Å². The molecular weight excluding hydrogens is 150 g/mol. The van der Waals surface area contributed by atoms with Gasteiger partial charge >= 0.3 is 0 Å². The quantitative estimate of drug-likeness (QED) is 0.628. The Labute approximate surface area is 74.4 Å². The van der Waals surface area contributed by atoms with E-state index in [9.17, 15) is 0 Å². The third-order valence-electron chi connectivity index (χ3n) is 1.83. The van der Waals surface area contributed by atoms with Crippen LogP contribution in [0.5, 0.6) is 0 Å². The number of aryl methyl sites for hydroxylation is 1. The van der Waals surface area contributed by atoms with Gasteiger partial charge in [-0.15, -0.1) is 0 Å². The van der Waals surface area contributed by atoms with Gasteiger partial charge in [-0.2, -0.15) is 0 Å². The van der Waals surface area contributed by atoms with Crippen molar-refractivity contribution in [3.8, 4) is 0 Å². The molecule has 0 aliphatic rings. The zero-order valence-corrected chi connectivity index (χ0v) is 8.42. The van der Waals surface area contributed by atoms with E-state index in [1.807, 2.05) is 13.0 Å². The summed E-state index contributed by atoms with van der Waals surface area (Å²) in [5, 5.41) is 0. The minimum Gasteiger partial charge on any atom is -0.466 e. The van der Waals surface area contributed by atoms with E-state index in [1.165, 1.54) is 0 Å². The number of furan rings is 1. The molecule has 0 aromatic carbocycles. The first-order chi connectivity index (χ1) is 5.47. The Kier molecular flexibility index (Phi) is 2.58. The molecule has 0 bridgehead atoms. The summed E-state index contributed by atoms with van der Waals surface area (Å²) in [6.07, 6.45) is 1.03. The first-order valence-electron chi connectivity index (χ1n) is 4.33. The monoisotopic (exact) mass is 168 g/mol. The summed E-state index contributed by atoms with van der Waals surface area (Å²) in [4.78, 5) is 0. The summed E-state index contributed by atoms with van der Waals surface area (Å²) in [5.74, 6) is 2.10. The molecule has 12 heavy (non-hydrogen) atoms. The Bertz CT molecular complexity index is 245. The van der Waals surface area contributed by atoms with E-state index in [0.717, 1.165) is 29.0 Å². The van der Waals surface area contributed by atoms with E-state index in [0.29, 0.717) is 0 Å². The number of hydrogen-bond donors (Lipinski definition) is 0. The SMILES string of the molecule is Cc1ccc(CC[N+](C)(C)C)o1. The van der Waals surface area contributed by atoms with Gasteiger partial charge in [-0.25, -0.2) is 0 Å². The fourth-order valence-electron chi connectivity index (χ4n) is 1.07. The van der Waals surface area contributed by atoms with E-state index < -0.39 is 0 Å². The van der Waals surface area contributed by atoms with E-state index in [-0.39, 0.29) is 0 Å². The molecule has 0 aliphatic heterocycles. The van der Waals surface area contributed by atoms with Crippen LogP contribution in [0.3, 0.4) is 0 Å². The van der Waals surface area contributed by atoms with Crippen LogP contribution in [0.2, 0.25) is 0 Å². The molecule has 0 aliphatic carbocycles. The molecule has 0 radical (unpaired) electrons. The molecule has 0 unspecified atom stereocenters. The van der Waals surface area contributed by atoms with Crippen LogP contribution >= 0.6 is 0 Å². The van der Waals surface area contributed by atoms with Gasteiger partial charge in [-0.3, -0.25) is 0 Å². The molecule has 2 nitrogen and oxygen atoms in total. The van der Waals surface area contributed by atoms with E-state index in [1.54, 1.807) is 0 Å². The minimum absolute atomic E-state index is 0.986. The fraction of sp³-hybridized carbons (Fsp3) is 0.600. The molecule has 1 heterocycles. The number of nitrogens with zero attached hydrogens (tertiary/aromatic N) is 1. The van der Waals surface area contributed by atoms with Crippen molar-refractivity contribution < 1.29 is 8.90 Å². The van der Waals surface area contributed by atoms with Crippen molar-refractivity contribution in [1.29, 1.82) is 0 Å². The Hall–Kier alpha value is -0.760. The van der Waals surface area contributed by atoms with Crippen LogP contribution in [-0.4, -0.2) is 32.2 Å². The summed E-state index contributed by atoms with van der Waals surface area (Å²) in [6.45, 7) is 3.10. The Morgan fingerprint density at radius 2 is 1.92 bits per heavy atom. The normalized spacial score (nSPS) is 12.0. The predicted octanol–water partition coefficient (Wildman–Crippen LogP) is 1.84. The Morgan fingerprint density at radius 3 is 2.33 bits per heavy atom. The average molecular weight is 168 g/mol. The second kappa shape index (κ2) is 3.31. The van der Waals surface area contributed by atoms with Gasteiger partial charge in [-0.1, -0.05) is 0 Å². The van der Waals surface area contributed by atoms with Crippen LogP contribution in [0.25, 0.3) is 0 Å². The standard InChI is InChI=1S/C10H18NO/c1-9-5-6-10(12-9)7-8-11(2,3)4/h5-6H,7-8H2,1-4H3/q+1. The van der Waals surface area contributed by atoms with Gasteiger partial charge in [-0.05, 0) is 19.1 Å². The maximum atomic E-state index is 5.47.